The first kappa shape index (κ1) is 15.1. The van der Waals surface area contributed by atoms with Crippen molar-refractivity contribution in [2.24, 2.45) is 0 Å². The van der Waals surface area contributed by atoms with E-state index in [9.17, 15) is 0 Å². The van der Waals surface area contributed by atoms with Crippen LogP contribution < -0.4 is 5.46 Å². The van der Waals surface area contributed by atoms with E-state index >= 15 is 0 Å². The number of hydrogen-bond acceptors (Lipinski definition) is 2. The van der Waals surface area contributed by atoms with Gasteiger partial charge in [0.05, 0.1) is 9.90 Å². The van der Waals surface area contributed by atoms with Crippen LogP contribution in [0, 0.1) is 0 Å². The molecule has 0 spiro atoms. The average molecular weight is 322 g/mol. The van der Waals surface area contributed by atoms with Crippen LogP contribution in [0.1, 0.15) is 27.7 Å². The summed E-state index contributed by atoms with van der Waals surface area (Å²) >= 11 is 7.84. The third kappa shape index (κ3) is 2.66. The van der Waals surface area contributed by atoms with Gasteiger partial charge in [-0.1, -0.05) is 35.9 Å². The monoisotopic (exact) mass is 321 g/mol. The van der Waals surface area contributed by atoms with Crippen molar-refractivity contribution >= 4 is 35.5 Å². The Morgan fingerprint density at radius 3 is 2.24 bits per heavy atom. The Morgan fingerprint density at radius 1 is 1.10 bits per heavy atom. The second kappa shape index (κ2) is 5.13. The zero-order valence-electron chi connectivity index (χ0n) is 12.7. The molecule has 5 heteroatoms. The van der Waals surface area contributed by atoms with E-state index in [1.807, 2.05) is 11.4 Å². The molecule has 3 rings (SSSR count). The first-order chi connectivity index (χ1) is 9.80. The smallest absolute Gasteiger partial charge is 0.505 e. The van der Waals surface area contributed by atoms with Gasteiger partial charge >= 0.3 is 7.12 Å². The van der Waals surface area contributed by atoms with Crippen LogP contribution in [-0.4, -0.2) is 23.0 Å². The molecule has 0 atom stereocenters. The van der Waals surface area contributed by atoms with Gasteiger partial charge in [0.25, 0.3) is 0 Å². The fraction of sp³-hybridized carbons (Fsp3) is 0.375. The summed E-state index contributed by atoms with van der Waals surface area (Å²) in [7, 11) is -0.192. The van der Waals surface area contributed by atoms with Gasteiger partial charge in [-0.15, -0.1) is 11.3 Å². The topological polar surface area (TPSA) is 22.0 Å². The Kier molecular flexibility index (Phi) is 3.69. The third-order valence-corrected chi connectivity index (χ3v) is 5.79. The molecule has 1 aliphatic rings. The second-order valence-corrected chi connectivity index (χ2v) is 7.71. The van der Waals surface area contributed by atoms with E-state index in [-0.39, 0.29) is 18.3 Å². The maximum absolute atomic E-state index is 6.18. The molecule has 0 aliphatic carbocycles. The Labute approximate surface area is 135 Å². The zero-order valence-corrected chi connectivity index (χ0v) is 14.3. The van der Waals surface area contributed by atoms with Gasteiger partial charge < -0.3 is 9.31 Å². The number of benzene rings is 1. The second-order valence-electron chi connectivity index (χ2n) is 6.39. The summed E-state index contributed by atoms with van der Waals surface area (Å²) in [6.07, 6.45) is 0. The average Bonchev–Trinajstić information content (AvgIpc) is 2.92. The highest BCUT2D eigenvalue weighted by Crippen LogP contribution is 2.35. The lowest BCUT2D eigenvalue weighted by atomic mass is 9.79. The lowest BCUT2D eigenvalue weighted by Crippen LogP contribution is -2.43. The lowest BCUT2D eigenvalue weighted by molar-refractivity contribution is -0.0705. The molecule has 0 amide bonds. The maximum Gasteiger partial charge on any atom is 0.732 e. The van der Waals surface area contributed by atoms with E-state index in [4.69, 9.17) is 20.9 Å². The number of hydrogen-bond donors (Lipinski definition) is 0. The van der Waals surface area contributed by atoms with Crippen LogP contribution in [0.15, 0.2) is 35.7 Å². The molecule has 1 N–H and O–H groups in total. The molecular weight excluding hydrogens is 303 g/mol. The van der Waals surface area contributed by atoms with E-state index in [1.165, 1.54) is 0 Å². The Bertz CT molecular complexity index is 633. The molecule has 1 aliphatic heterocycles. The quantitative estimate of drug-likeness (QED) is 0.608. The van der Waals surface area contributed by atoms with Crippen LogP contribution in [0.4, 0.5) is 0 Å². The highest BCUT2D eigenvalue weighted by Gasteiger charge is 2.59. The fourth-order valence-electron chi connectivity index (χ4n) is 2.34. The lowest BCUT2D eigenvalue weighted by Gasteiger charge is -2.28. The Hall–Kier alpha value is -0.805. The molecule has 0 saturated carbocycles. The van der Waals surface area contributed by atoms with Crippen LogP contribution in [0.25, 0.3) is 10.4 Å². The molecule has 2 nitrogen and oxygen atoms in total. The number of rotatable bonds is 2. The van der Waals surface area contributed by atoms with Crippen LogP contribution in [0.3, 0.4) is 0 Å². The van der Waals surface area contributed by atoms with E-state index < -0.39 is 0 Å². The summed E-state index contributed by atoms with van der Waals surface area (Å²) in [5.74, 6) is 0. The van der Waals surface area contributed by atoms with E-state index in [0.29, 0.717) is 0 Å². The van der Waals surface area contributed by atoms with Crippen LogP contribution in [0.5, 0.6) is 0 Å². The van der Waals surface area contributed by atoms with Crippen molar-refractivity contribution in [3.63, 3.8) is 0 Å². The summed E-state index contributed by atoms with van der Waals surface area (Å²) < 4.78 is 10.9. The van der Waals surface area contributed by atoms with Crippen molar-refractivity contribution in [3.8, 4) is 10.4 Å². The molecule has 0 bridgehead atoms. The summed E-state index contributed by atoms with van der Waals surface area (Å²) in [5.41, 5.74) is 1.78. The number of thiophene rings is 1. The van der Waals surface area contributed by atoms with Crippen molar-refractivity contribution in [2.75, 3.05) is 0 Å². The molecular formula is C16H19BClO2S+. The van der Waals surface area contributed by atoms with Gasteiger partial charge in [-0.3, -0.25) is 0 Å². The van der Waals surface area contributed by atoms with Crippen LogP contribution >= 0.6 is 22.9 Å². The predicted octanol–water partition coefficient (Wildman–Crippen LogP) is 3.88. The maximum atomic E-state index is 6.18. The summed E-state index contributed by atoms with van der Waals surface area (Å²) in [6.45, 7) is 8.42. The van der Waals surface area contributed by atoms with E-state index in [1.54, 1.807) is 11.3 Å². The predicted molar refractivity (Wildman–Crippen MR) is 91.6 cm³/mol. The van der Waals surface area contributed by atoms with Crippen molar-refractivity contribution in [1.29, 1.82) is 0 Å². The molecule has 2 aromatic rings. The zero-order chi connectivity index (χ0) is 15.3. The van der Waals surface area contributed by atoms with Crippen LogP contribution in [-0.2, 0) is 4.65 Å². The molecule has 1 fully saturated rings. The Balaban J connectivity index is 1.85. The van der Waals surface area contributed by atoms with Gasteiger partial charge in [-0.05, 0) is 30.9 Å². The molecule has 1 aromatic heterocycles. The normalized spacial score (nSPS) is 20.0. The largest absolute Gasteiger partial charge is 0.732 e. The van der Waals surface area contributed by atoms with Crippen molar-refractivity contribution < 1.29 is 9.31 Å². The SMILES string of the molecule is CC1(C)OB(c2ccc(-c3sccc3Cl)cc2)[OH+]C1(C)C. The van der Waals surface area contributed by atoms with Gasteiger partial charge in [0.15, 0.2) is 5.60 Å². The van der Waals surface area contributed by atoms with E-state index in [2.05, 4.69) is 52.0 Å². The van der Waals surface area contributed by atoms with Gasteiger partial charge in [0.1, 0.15) is 5.60 Å². The van der Waals surface area contributed by atoms with Gasteiger partial charge in [-0.2, -0.15) is 0 Å². The third-order valence-electron chi connectivity index (χ3n) is 4.39. The minimum Gasteiger partial charge on any atom is -0.505 e. The van der Waals surface area contributed by atoms with Gasteiger partial charge in [-0.25, -0.2) is 0 Å². The Morgan fingerprint density at radius 2 is 1.76 bits per heavy atom. The molecule has 110 valence electrons. The molecule has 1 saturated heterocycles. The molecule has 0 radical (unpaired) electrons. The number of aliphatic hydroxyl groups is 1. The van der Waals surface area contributed by atoms with Crippen molar-refractivity contribution in [2.45, 2.75) is 38.9 Å². The fourth-order valence-corrected chi connectivity index (χ4v) is 3.51. The van der Waals surface area contributed by atoms with Gasteiger partial charge in [0.2, 0.25) is 0 Å². The molecule has 2 heterocycles. The summed E-state index contributed by atoms with van der Waals surface area (Å²) in [5, 5.41) is 2.81. The molecule has 21 heavy (non-hydrogen) atoms. The first-order valence-electron chi connectivity index (χ1n) is 7.03. The molecule has 0 unspecified atom stereocenters. The number of halogens is 1. The minimum atomic E-state index is -0.257. The van der Waals surface area contributed by atoms with E-state index in [0.717, 1.165) is 20.9 Å². The van der Waals surface area contributed by atoms with Crippen LogP contribution in [0.2, 0.25) is 5.02 Å². The first-order valence-corrected chi connectivity index (χ1v) is 8.29. The highest BCUT2D eigenvalue weighted by atomic mass is 35.5. The van der Waals surface area contributed by atoms with Gasteiger partial charge in [0, 0.05) is 19.3 Å². The highest BCUT2D eigenvalue weighted by molar-refractivity contribution is 7.14. The van der Waals surface area contributed by atoms with Crippen molar-refractivity contribution in [1.82, 2.24) is 0 Å². The minimum absolute atomic E-state index is 0.187. The standard InChI is InChI=1S/C16H18BClO2S/c1-15(2)16(3,4)20-17(19-15)12-7-5-11(6-8-12)14-13(18)9-10-21-14/h5-10H,1-4H3/p+1. The summed E-state index contributed by atoms with van der Waals surface area (Å²) in [4.78, 5) is 1.10. The molecule has 1 aromatic carbocycles. The summed E-state index contributed by atoms with van der Waals surface area (Å²) in [6, 6.07) is 10.3. The van der Waals surface area contributed by atoms with Crippen molar-refractivity contribution in [3.05, 3.63) is 40.7 Å².